The molecule has 2 N–H and O–H groups in total. The summed E-state index contributed by atoms with van der Waals surface area (Å²) in [4.78, 5) is 40.7. The molecule has 0 bridgehead atoms. The van der Waals surface area contributed by atoms with E-state index < -0.39 is 11.5 Å². The van der Waals surface area contributed by atoms with E-state index >= 15 is 0 Å². The Morgan fingerprint density at radius 1 is 0.963 bits per heavy atom. The third-order valence-electron chi connectivity index (χ3n) is 4.52. The topological polar surface area (TPSA) is 81.8 Å². The van der Waals surface area contributed by atoms with Crippen LogP contribution in [0, 0.1) is 5.41 Å². The molecule has 0 aromatic heterocycles. The van der Waals surface area contributed by atoms with Crippen LogP contribution in [0.3, 0.4) is 0 Å². The van der Waals surface area contributed by atoms with E-state index in [1.54, 1.807) is 16.7 Å². The zero-order valence-corrected chi connectivity index (χ0v) is 16.6. The van der Waals surface area contributed by atoms with Gasteiger partial charge in [0.2, 0.25) is 11.8 Å². The van der Waals surface area contributed by atoms with Gasteiger partial charge in [0, 0.05) is 37.3 Å². The van der Waals surface area contributed by atoms with E-state index in [0.29, 0.717) is 32.6 Å². The Balaban J connectivity index is 1.89. The van der Waals surface area contributed by atoms with E-state index in [4.69, 9.17) is 0 Å². The summed E-state index contributed by atoms with van der Waals surface area (Å²) >= 11 is 0. The second-order valence-electron chi connectivity index (χ2n) is 7.91. The lowest BCUT2D eigenvalue weighted by Gasteiger charge is -2.27. The lowest BCUT2D eigenvalue weighted by Crippen LogP contribution is -2.50. The molecule has 7 heteroatoms. The van der Waals surface area contributed by atoms with E-state index in [9.17, 15) is 14.4 Å². The van der Waals surface area contributed by atoms with Gasteiger partial charge < -0.3 is 20.4 Å². The molecule has 0 saturated carbocycles. The Morgan fingerprint density at radius 2 is 1.56 bits per heavy atom. The van der Waals surface area contributed by atoms with Crippen molar-refractivity contribution in [2.45, 2.75) is 40.2 Å². The molecule has 27 heavy (non-hydrogen) atoms. The lowest BCUT2D eigenvalue weighted by atomic mass is 9.95. The van der Waals surface area contributed by atoms with Gasteiger partial charge in [0.15, 0.2) is 0 Å². The SMILES string of the molecule is C[C@H](NC(=O)C(C)(C)C)C(=O)N1CCCN(C(=O)Nc2ccccc2)CC1. The average molecular weight is 374 g/mol. The summed E-state index contributed by atoms with van der Waals surface area (Å²) in [6.45, 7) is 9.23. The summed E-state index contributed by atoms with van der Waals surface area (Å²) in [5.74, 6) is -0.264. The maximum Gasteiger partial charge on any atom is 0.321 e. The first kappa shape index (κ1) is 20.7. The lowest BCUT2D eigenvalue weighted by molar-refractivity contribution is -0.138. The highest BCUT2D eigenvalue weighted by Gasteiger charge is 2.29. The molecule has 0 spiro atoms. The summed E-state index contributed by atoms with van der Waals surface area (Å²) in [7, 11) is 0. The third kappa shape index (κ3) is 5.98. The highest BCUT2D eigenvalue weighted by atomic mass is 16.2. The second-order valence-corrected chi connectivity index (χ2v) is 7.91. The van der Waals surface area contributed by atoms with E-state index in [2.05, 4.69) is 10.6 Å². The maximum absolute atomic E-state index is 12.7. The van der Waals surface area contributed by atoms with Crippen LogP contribution in [0.2, 0.25) is 0 Å². The number of amides is 4. The molecule has 1 atom stereocenters. The molecule has 4 amide bonds. The molecule has 2 rings (SSSR count). The molecule has 0 unspecified atom stereocenters. The fraction of sp³-hybridized carbons (Fsp3) is 0.550. The number of carbonyl (C=O) groups excluding carboxylic acids is 3. The van der Waals surface area contributed by atoms with Gasteiger partial charge in [-0.25, -0.2) is 4.79 Å². The van der Waals surface area contributed by atoms with Crippen molar-refractivity contribution in [1.82, 2.24) is 15.1 Å². The first-order chi connectivity index (χ1) is 12.7. The number of nitrogens with one attached hydrogen (secondary N) is 2. The fourth-order valence-corrected chi connectivity index (χ4v) is 2.81. The number of rotatable bonds is 3. The van der Waals surface area contributed by atoms with Gasteiger partial charge >= 0.3 is 6.03 Å². The summed E-state index contributed by atoms with van der Waals surface area (Å²) in [5.41, 5.74) is 0.206. The first-order valence-corrected chi connectivity index (χ1v) is 9.39. The number of urea groups is 1. The third-order valence-corrected chi connectivity index (χ3v) is 4.52. The van der Waals surface area contributed by atoms with Crippen LogP contribution in [-0.4, -0.2) is 59.9 Å². The van der Waals surface area contributed by atoms with Crippen molar-refractivity contribution >= 4 is 23.5 Å². The van der Waals surface area contributed by atoms with Gasteiger partial charge in [-0.05, 0) is 25.5 Å². The molecule has 1 aliphatic heterocycles. The summed E-state index contributed by atoms with van der Waals surface area (Å²) in [6.07, 6.45) is 0.702. The van der Waals surface area contributed by atoms with Crippen LogP contribution in [0.1, 0.15) is 34.1 Å². The highest BCUT2D eigenvalue weighted by Crippen LogP contribution is 2.14. The summed E-state index contributed by atoms with van der Waals surface area (Å²) in [5, 5.41) is 5.66. The molecule has 7 nitrogen and oxygen atoms in total. The molecule has 148 valence electrons. The number of para-hydroxylation sites is 1. The van der Waals surface area contributed by atoms with Crippen LogP contribution in [-0.2, 0) is 9.59 Å². The quantitative estimate of drug-likeness (QED) is 0.852. The Labute approximate surface area is 161 Å². The molecule has 0 aliphatic carbocycles. The summed E-state index contributed by atoms with van der Waals surface area (Å²) in [6, 6.07) is 8.56. The minimum atomic E-state index is -0.582. The smallest absolute Gasteiger partial charge is 0.321 e. The van der Waals surface area contributed by atoms with Crippen molar-refractivity contribution < 1.29 is 14.4 Å². The van der Waals surface area contributed by atoms with Crippen LogP contribution in [0.25, 0.3) is 0 Å². The maximum atomic E-state index is 12.7. The molecule has 1 fully saturated rings. The van der Waals surface area contributed by atoms with E-state index in [1.165, 1.54) is 0 Å². The van der Waals surface area contributed by atoms with Gasteiger partial charge in [0.05, 0.1) is 0 Å². The van der Waals surface area contributed by atoms with Crippen molar-refractivity contribution in [3.05, 3.63) is 30.3 Å². The van der Waals surface area contributed by atoms with Crippen molar-refractivity contribution in [3.8, 4) is 0 Å². The van der Waals surface area contributed by atoms with Gasteiger partial charge in [-0.3, -0.25) is 9.59 Å². The molecule has 1 aliphatic rings. The molecule has 1 heterocycles. The van der Waals surface area contributed by atoms with Crippen molar-refractivity contribution in [2.24, 2.45) is 5.41 Å². The monoisotopic (exact) mass is 374 g/mol. The number of benzene rings is 1. The van der Waals surface area contributed by atoms with Crippen molar-refractivity contribution in [2.75, 3.05) is 31.5 Å². The van der Waals surface area contributed by atoms with Crippen molar-refractivity contribution in [1.29, 1.82) is 0 Å². The van der Waals surface area contributed by atoms with Gasteiger partial charge in [0.1, 0.15) is 6.04 Å². The minimum Gasteiger partial charge on any atom is -0.344 e. The number of anilines is 1. The van der Waals surface area contributed by atoms with Crippen LogP contribution >= 0.6 is 0 Å². The molecule has 1 aromatic rings. The number of nitrogens with zero attached hydrogens (tertiary/aromatic N) is 2. The van der Waals surface area contributed by atoms with Crippen LogP contribution in [0.4, 0.5) is 10.5 Å². The predicted octanol–water partition coefficient (Wildman–Crippen LogP) is 2.30. The molecule has 0 radical (unpaired) electrons. The van der Waals surface area contributed by atoms with Crippen LogP contribution in [0.5, 0.6) is 0 Å². The number of hydrogen-bond acceptors (Lipinski definition) is 3. The Kier molecular flexibility index (Phi) is 6.82. The van der Waals surface area contributed by atoms with E-state index in [0.717, 1.165) is 5.69 Å². The van der Waals surface area contributed by atoms with Gasteiger partial charge in [-0.2, -0.15) is 0 Å². The van der Waals surface area contributed by atoms with Crippen LogP contribution in [0.15, 0.2) is 30.3 Å². The molecular formula is C20H30N4O3. The first-order valence-electron chi connectivity index (χ1n) is 9.39. The minimum absolute atomic E-state index is 0.113. The predicted molar refractivity (Wildman–Crippen MR) is 105 cm³/mol. The van der Waals surface area contributed by atoms with Gasteiger partial charge in [0.25, 0.3) is 0 Å². The number of hydrogen-bond donors (Lipinski definition) is 2. The highest BCUT2D eigenvalue weighted by molar-refractivity contribution is 5.90. The number of carbonyl (C=O) groups is 3. The molecular weight excluding hydrogens is 344 g/mol. The second kappa shape index (κ2) is 8.88. The summed E-state index contributed by atoms with van der Waals surface area (Å²) < 4.78 is 0. The Bertz CT molecular complexity index is 670. The van der Waals surface area contributed by atoms with Crippen LogP contribution < -0.4 is 10.6 Å². The standard InChI is InChI=1S/C20H30N4O3/c1-15(21-18(26)20(2,3)4)17(25)23-11-8-12-24(14-13-23)19(27)22-16-9-6-5-7-10-16/h5-7,9-10,15H,8,11-14H2,1-4H3,(H,21,26)(H,22,27)/t15-/m0/s1. The zero-order chi connectivity index (χ0) is 20.0. The van der Waals surface area contributed by atoms with Crippen molar-refractivity contribution in [3.63, 3.8) is 0 Å². The largest absolute Gasteiger partial charge is 0.344 e. The zero-order valence-electron chi connectivity index (χ0n) is 16.6. The normalized spacial score (nSPS) is 16.3. The molecule has 1 aromatic carbocycles. The average Bonchev–Trinajstić information content (AvgIpc) is 2.87. The Hall–Kier alpha value is -2.57. The van der Waals surface area contributed by atoms with Gasteiger partial charge in [-0.15, -0.1) is 0 Å². The van der Waals surface area contributed by atoms with E-state index in [-0.39, 0.29) is 17.8 Å². The van der Waals surface area contributed by atoms with E-state index in [1.807, 2.05) is 51.1 Å². The fourth-order valence-electron chi connectivity index (χ4n) is 2.81. The molecule has 1 saturated heterocycles. The Morgan fingerprint density at radius 3 is 2.19 bits per heavy atom. The van der Waals surface area contributed by atoms with Gasteiger partial charge in [-0.1, -0.05) is 39.0 Å².